The van der Waals surface area contributed by atoms with Crippen molar-refractivity contribution < 1.29 is 18.3 Å². The number of aromatic nitrogens is 2. The van der Waals surface area contributed by atoms with Crippen LogP contribution >= 0.6 is 0 Å². The van der Waals surface area contributed by atoms with E-state index in [1.165, 1.54) is 16.0 Å². The van der Waals surface area contributed by atoms with Gasteiger partial charge in [-0.2, -0.15) is 9.97 Å². The van der Waals surface area contributed by atoms with Crippen LogP contribution in [0.25, 0.3) is 22.0 Å². The first-order valence-corrected chi connectivity index (χ1v) is 14.7. The average Bonchev–Trinajstić information content (AvgIpc) is 3.40. The fourth-order valence-corrected chi connectivity index (χ4v) is 6.64. The summed E-state index contributed by atoms with van der Waals surface area (Å²) in [7, 11) is 2.08. The van der Waals surface area contributed by atoms with Gasteiger partial charge in [0.2, 0.25) is 0 Å². The van der Waals surface area contributed by atoms with E-state index in [1.807, 2.05) is 36.1 Å². The molecule has 1 aromatic heterocycles. The predicted octanol–water partition coefficient (Wildman–Crippen LogP) is 5.31. The van der Waals surface area contributed by atoms with Crippen molar-refractivity contribution >= 4 is 22.6 Å². The number of hydrogen-bond donors (Lipinski definition) is 0. The Bertz CT molecular complexity index is 1490. The lowest BCUT2D eigenvalue weighted by atomic mass is 9.85. The number of benzene rings is 2. The third-order valence-electron chi connectivity index (χ3n) is 8.95. The molecule has 2 saturated heterocycles. The first kappa shape index (κ1) is 27.6. The molecule has 3 aliphatic rings. The summed E-state index contributed by atoms with van der Waals surface area (Å²) >= 11 is 0. The van der Waals surface area contributed by atoms with Crippen molar-refractivity contribution in [2.75, 3.05) is 44.7 Å². The van der Waals surface area contributed by atoms with Crippen molar-refractivity contribution in [3.05, 3.63) is 59.7 Å². The van der Waals surface area contributed by atoms with Crippen molar-refractivity contribution in [3.63, 3.8) is 0 Å². The van der Waals surface area contributed by atoms with Gasteiger partial charge in [-0.3, -0.25) is 4.79 Å². The molecule has 2 aliphatic heterocycles. The molecular formula is C32H37F2N5O2. The molecule has 2 fully saturated rings. The molecule has 0 N–H and O–H groups in total. The lowest BCUT2D eigenvalue weighted by Crippen LogP contribution is -2.54. The number of rotatable bonds is 6. The maximum Gasteiger partial charge on any atom is 0.319 e. The highest BCUT2D eigenvalue weighted by Crippen LogP contribution is 2.38. The minimum Gasteiger partial charge on any atom is -0.462 e. The van der Waals surface area contributed by atoms with Crippen LogP contribution in [0.5, 0.6) is 6.01 Å². The van der Waals surface area contributed by atoms with Crippen LogP contribution in [0.15, 0.2) is 42.7 Å². The monoisotopic (exact) mass is 561 g/mol. The van der Waals surface area contributed by atoms with Gasteiger partial charge < -0.3 is 19.4 Å². The third kappa shape index (κ3) is 5.27. The summed E-state index contributed by atoms with van der Waals surface area (Å²) in [5, 5.41) is 0.586. The van der Waals surface area contributed by atoms with Gasteiger partial charge in [-0.15, -0.1) is 0 Å². The van der Waals surface area contributed by atoms with Gasteiger partial charge in [0.1, 0.15) is 17.9 Å². The van der Waals surface area contributed by atoms with Crippen LogP contribution in [0.4, 0.5) is 14.6 Å². The number of likely N-dealkylation sites (tertiary alicyclic amines) is 1. The van der Waals surface area contributed by atoms with Crippen molar-refractivity contribution in [2.24, 2.45) is 0 Å². The van der Waals surface area contributed by atoms with E-state index in [2.05, 4.69) is 29.6 Å². The number of halogens is 2. The Balaban J connectivity index is 1.41. The number of carbonyl (C=O) groups is 1. The van der Waals surface area contributed by atoms with Crippen molar-refractivity contribution in [1.82, 2.24) is 19.8 Å². The molecule has 0 unspecified atom stereocenters. The number of piperazine rings is 1. The average molecular weight is 562 g/mol. The Morgan fingerprint density at radius 2 is 1.90 bits per heavy atom. The topological polar surface area (TPSA) is 61.8 Å². The number of anilines is 1. The molecule has 216 valence electrons. The number of nitrogens with zero attached hydrogens (tertiary/aromatic N) is 5. The van der Waals surface area contributed by atoms with Crippen LogP contribution in [0.1, 0.15) is 43.7 Å². The Morgan fingerprint density at radius 1 is 1.07 bits per heavy atom. The maximum absolute atomic E-state index is 16.5. The number of hydrogen-bond acceptors (Lipinski definition) is 6. The molecule has 3 heterocycles. The minimum absolute atomic E-state index is 0.141. The van der Waals surface area contributed by atoms with Gasteiger partial charge >= 0.3 is 6.01 Å². The lowest BCUT2D eigenvalue weighted by molar-refractivity contribution is -0.129. The lowest BCUT2D eigenvalue weighted by Gasteiger charge is -2.40. The van der Waals surface area contributed by atoms with Gasteiger partial charge in [0, 0.05) is 42.7 Å². The summed E-state index contributed by atoms with van der Waals surface area (Å²) in [4.78, 5) is 27.4. The number of aryl methyl sites for hydroxylation is 1. The van der Waals surface area contributed by atoms with E-state index in [1.54, 1.807) is 0 Å². The highest BCUT2D eigenvalue weighted by atomic mass is 19.1. The van der Waals surface area contributed by atoms with E-state index < -0.39 is 11.7 Å². The first-order valence-electron chi connectivity index (χ1n) is 14.7. The molecular weight excluding hydrogens is 524 g/mol. The number of carbonyl (C=O) groups excluding carboxylic acids is 1. The summed E-state index contributed by atoms with van der Waals surface area (Å²) in [6, 6.07) is 10.1. The van der Waals surface area contributed by atoms with Gasteiger partial charge in [0.25, 0.3) is 5.91 Å². The van der Waals surface area contributed by atoms with Gasteiger partial charge in [-0.1, -0.05) is 30.8 Å². The van der Waals surface area contributed by atoms with Gasteiger partial charge in [-0.25, -0.2) is 8.78 Å². The van der Waals surface area contributed by atoms with Gasteiger partial charge in [0.15, 0.2) is 11.6 Å². The summed E-state index contributed by atoms with van der Waals surface area (Å²) in [5.74, 6) is -1.49. The fraction of sp³-hybridized carbons (Fsp3) is 0.469. The molecule has 0 radical (unpaired) electrons. The molecule has 0 saturated carbocycles. The standard InChI is InChI=1S/C32H37F2N5O2/c1-20-18-38(31(40)21(2)33)16-17-39(20)30-27-14-13-26(25-12-6-9-22-8-4-5-11-24(22)25)28(34)29(27)35-32(36-30)41-19-23-10-7-15-37(23)3/h6,9,12-14,20,23H,2,4-5,7-8,10-11,15-19H2,1,3H3/t20-,23-/m0/s1. The van der Waals surface area contributed by atoms with E-state index >= 15 is 4.39 Å². The fourth-order valence-electron chi connectivity index (χ4n) is 6.64. The van der Waals surface area contributed by atoms with Crippen molar-refractivity contribution in [3.8, 4) is 17.1 Å². The predicted molar refractivity (Wildman–Crippen MR) is 156 cm³/mol. The largest absolute Gasteiger partial charge is 0.462 e. The Labute approximate surface area is 239 Å². The smallest absolute Gasteiger partial charge is 0.319 e. The minimum atomic E-state index is -0.969. The van der Waals surface area contributed by atoms with Crippen LogP contribution < -0.4 is 9.64 Å². The summed E-state index contributed by atoms with van der Waals surface area (Å²) < 4.78 is 36.2. The molecule has 2 atom stereocenters. The highest BCUT2D eigenvalue weighted by Gasteiger charge is 2.31. The molecule has 1 aliphatic carbocycles. The Morgan fingerprint density at radius 3 is 2.66 bits per heavy atom. The zero-order valence-corrected chi connectivity index (χ0v) is 23.8. The maximum atomic E-state index is 16.5. The summed E-state index contributed by atoms with van der Waals surface area (Å²) in [6.07, 6.45) is 6.34. The molecule has 7 nitrogen and oxygen atoms in total. The second kappa shape index (κ2) is 11.4. The molecule has 9 heteroatoms. The molecule has 41 heavy (non-hydrogen) atoms. The SMILES string of the molecule is C=C(F)C(=O)N1CCN(c2nc(OC[C@@H]3CCCN3C)nc3c(F)c(-c4cccc5c4CCCC5)ccc23)[C@@H](C)C1. The normalized spacial score (nSPS) is 21.3. The second-order valence-electron chi connectivity index (χ2n) is 11.6. The zero-order chi connectivity index (χ0) is 28.7. The van der Waals surface area contributed by atoms with E-state index in [-0.39, 0.29) is 29.4 Å². The third-order valence-corrected chi connectivity index (χ3v) is 8.95. The van der Waals surface area contributed by atoms with E-state index in [0.717, 1.165) is 50.6 Å². The molecule has 0 spiro atoms. The van der Waals surface area contributed by atoms with Gasteiger partial charge in [0.05, 0.1) is 0 Å². The van der Waals surface area contributed by atoms with Crippen LogP contribution in [0.3, 0.4) is 0 Å². The summed E-state index contributed by atoms with van der Waals surface area (Å²) in [6.45, 7) is 7.56. The van der Waals surface area contributed by atoms with E-state index in [9.17, 15) is 9.18 Å². The number of amides is 1. The number of ether oxygens (including phenoxy) is 1. The second-order valence-corrected chi connectivity index (χ2v) is 11.6. The molecule has 3 aromatic rings. The first-order chi connectivity index (χ1) is 19.8. The molecule has 1 amide bonds. The van der Waals surface area contributed by atoms with Gasteiger partial charge in [-0.05, 0) is 81.8 Å². The van der Waals surface area contributed by atoms with E-state index in [0.29, 0.717) is 43.0 Å². The van der Waals surface area contributed by atoms with Crippen molar-refractivity contribution in [1.29, 1.82) is 0 Å². The Kier molecular flexibility index (Phi) is 7.64. The molecule has 2 aromatic carbocycles. The number of fused-ring (bicyclic) bond motifs is 2. The van der Waals surface area contributed by atoms with Crippen LogP contribution in [0, 0.1) is 5.82 Å². The Hall–Kier alpha value is -3.59. The zero-order valence-electron chi connectivity index (χ0n) is 23.8. The van der Waals surface area contributed by atoms with Crippen LogP contribution in [-0.4, -0.2) is 77.6 Å². The summed E-state index contributed by atoms with van der Waals surface area (Å²) in [5.41, 5.74) is 4.18. The molecule has 6 rings (SSSR count). The van der Waals surface area contributed by atoms with Crippen LogP contribution in [0.2, 0.25) is 0 Å². The van der Waals surface area contributed by atoms with Crippen molar-refractivity contribution in [2.45, 2.75) is 57.5 Å². The quantitative estimate of drug-likeness (QED) is 0.381. The number of likely N-dealkylation sites (N-methyl/N-ethyl adjacent to an activating group) is 1. The van der Waals surface area contributed by atoms with E-state index in [4.69, 9.17) is 9.72 Å². The molecule has 0 bridgehead atoms. The van der Waals surface area contributed by atoms with Crippen LogP contribution in [-0.2, 0) is 17.6 Å². The highest BCUT2D eigenvalue weighted by molar-refractivity contribution is 5.94.